The van der Waals surface area contributed by atoms with Crippen molar-refractivity contribution in [2.24, 2.45) is 0 Å². The lowest BCUT2D eigenvalue weighted by Crippen LogP contribution is -2.23. The molecule has 24 heavy (non-hydrogen) atoms. The largest absolute Gasteiger partial charge is 0.376 e. The van der Waals surface area contributed by atoms with Crippen LogP contribution in [0.1, 0.15) is 46.8 Å². The van der Waals surface area contributed by atoms with Gasteiger partial charge in [0.05, 0.1) is 17.4 Å². The number of aromatic nitrogens is 2. The summed E-state index contributed by atoms with van der Waals surface area (Å²) in [6.07, 6.45) is 5.41. The van der Waals surface area contributed by atoms with Crippen LogP contribution < -0.4 is 5.32 Å². The molecule has 0 bridgehead atoms. The number of rotatable bonds is 4. The summed E-state index contributed by atoms with van der Waals surface area (Å²) in [5.41, 5.74) is 2.72. The maximum atomic E-state index is 12.4. The van der Waals surface area contributed by atoms with Crippen LogP contribution in [-0.2, 0) is 11.2 Å². The van der Waals surface area contributed by atoms with E-state index in [2.05, 4.69) is 27.4 Å². The van der Waals surface area contributed by atoms with Crippen LogP contribution in [0.5, 0.6) is 0 Å². The second kappa shape index (κ2) is 6.69. The van der Waals surface area contributed by atoms with E-state index in [-0.39, 0.29) is 17.8 Å². The van der Waals surface area contributed by atoms with Crippen LogP contribution >= 0.6 is 0 Å². The Labute approximate surface area is 141 Å². The highest BCUT2D eigenvalue weighted by Gasteiger charge is 2.28. The van der Waals surface area contributed by atoms with Gasteiger partial charge in [0.15, 0.2) is 5.78 Å². The van der Waals surface area contributed by atoms with Crippen molar-refractivity contribution in [3.8, 4) is 0 Å². The third kappa shape index (κ3) is 3.17. The molecule has 0 amide bonds. The molecule has 4 rings (SSSR count). The molecule has 2 aromatic rings. The van der Waals surface area contributed by atoms with Crippen molar-refractivity contribution >= 4 is 11.7 Å². The van der Waals surface area contributed by atoms with E-state index < -0.39 is 0 Å². The molecule has 1 aromatic heterocycles. The number of anilines is 1. The molecule has 1 aliphatic heterocycles. The molecule has 0 saturated carbocycles. The minimum atomic E-state index is 0.135. The second-order valence-corrected chi connectivity index (χ2v) is 6.51. The summed E-state index contributed by atoms with van der Waals surface area (Å²) >= 11 is 0. The number of benzene rings is 1. The number of Topliss-reactive ketones (excluding diaryl/α,β-unsaturated/α-hetero) is 1. The Hall–Kier alpha value is -2.27. The SMILES string of the molecule is O=C1C[C@@H](c2ccccc2)Cc2nc(NC[C@@H]3CCCO3)ncc21. The zero-order valence-electron chi connectivity index (χ0n) is 13.6. The zero-order valence-corrected chi connectivity index (χ0v) is 13.6. The topological polar surface area (TPSA) is 64.1 Å². The Bertz CT molecular complexity index is 727. The third-order valence-electron chi connectivity index (χ3n) is 4.82. The first-order valence-electron chi connectivity index (χ1n) is 8.59. The van der Waals surface area contributed by atoms with Gasteiger partial charge in [-0.15, -0.1) is 0 Å². The van der Waals surface area contributed by atoms with Crippen molar-refractivity contribution in [3.05, 3.63) is 53.3 Å². The van der Waals surface area contributed by atoms with Gasteiger partial charge in [0.25, 0.3) is 0 Å². The minimum Gasteiger partial charge on any atom is -0.376 e. The monoisotopic (exact) mass is 323 g/mol. The number of ether oxygens (including phenoxy) is 1. The minimum absolute atomic E-state index is 0.135. The molecule has 0 spiro atoms. The highest BCUT2D eigenvalue weighted by Crippen LogP contribution is 2.31. The summed E-state index contributed by atoms with van der Waals surface area (Å²) in [7, 11) is 0. The van der Waals surface area contributed by atoms with Crippen molar-refractivity contribution in [3.63, 3.8) is 0 Å². The average Bonchev–Trinajstić information content (AvgIpc) is 3.14. The molecule has 1 fully saturated rings. The summed E-state index contributed by atoms with van der Waals surface area (Å²) in [6, 6.07) is 10.2. The van der Waals surface area contributed by atoms with E-state index >= 15 is 0 Å². The maximum Gasteiger partial charge on any atom is 0.222 e. The Morgan fingerprint density at radius 3 is 2.88 bits per heavy atom. The van der Waals surface area contributed by atoms with E-state index in [0.29, 0.717) is 17.9 Å². The van der Waals surface area contributed by atoms with Crippen LogP contribution in [0.2, 0.25) is 0 Å². The van der Waals surface area contributed by atoms with E-state index in [1.165, 1.54) is 5.56 Å². The van der Waals surface area contributed by atoms with Crippen LogP contribution in [0.15, 0.2) is 36.5 Å². The average molecular weight is 323 g/mol. The predicted molar refractivity (Wildman–Crippen MR) is 91.3 cm³/mol. The lowest BCUT2D eigenvalue weighted by molar-refractivity contribution is 0.0962. The van der Waals surface area contributed by atoms with Gasteiger partial charge in [-0.3, -0.25) is 4.79 Å². The number of ketones is 1. The molecule has 124 valence electrons. The Morgan fingerprint density at radius 1 is 1.21 bits per heavy atom. The smallest absolute Gasteiger partial charge is 0.222 e. The molecular formula is C19H21N3O2. The van der Waals surface area contributed by atoms with Gasteiger partial charge in [0.2, 0.25) is 5.95 Å². The normalized spacial score (nSPS) is 23.1. The molecule has 1 aliphatic carbocycles. The van der Waals surface area contributed by atoms with E-state index in [0.717, 1.165) is 38.1 Å². The van der Waals surface area contributed by atoms with E-state index in [1.807, 2.05) is 18.2 Å². The Balaban J connectivity index is 1.51. The van der Waals surface area contributed by atoms with Gasteiger partial charge in [0, 0.05) is 25.8 Å². The van der Waals surface area contributed by atoms with Crippen molar-refractivity contribution in [1.29, 1.82) is 0 Å². The predicted octanol–water partition coefficient (Wildman–Crippen LogP) is 2.98. The molecule has 5 heteroatoms. The van der Waals surface area contributed by atoms with Gasteiger partial charge in [-0.2, -0.15) is 0 Å². The van der Waals surface area contributed by atoms with Crippen LogP contribution in [0.25, 0.3) is 0 Å². The van der Waals surface area contributed by atoms with Gasteiger partial charge in [-0.05, 0) is 30.7 Å². The van der Waals surface area contributed by atoms with Crippen molar-refractivity contribution < 1.29 is 9.53 Å². The van der Waals surface area contributed by atoms with Crippen LogP contribution in [-0.4, -0.2) is 35.0 Å². The number of hydrogen-bond acceptors (Lipinski definition) is 5. The summed E-state index contributed by atoms with van der Waals surface area (Å²) < 4.78 is 5.61. The van der Waals surface area contributed by atoms with Crippen LogP contribution in [0.3, 0.4) is 0 Å². The highest BCUT2D eigenvalue weighted by molar-refractivity contribution is 5.98. The third-order valence-corrected chi connectivity index (χ3v) is 4.82. The molecule has 2 heterocycles. The zero-order chi connectivity index (χ0) is 16.4. The summed E-state index contributed by atoms with van der Waals surface area (Å²) in [6.45, 7) is 1.56. The summed E-state index contributed by atoms with van der Waals surface area (Å²) in [4.78, 5) is 21.3. The molecule has 5 nitrogen and oxygen atoms in total. The number of carbonyl (C=O) groups is 1. The molecule has 0 unspecified atom stereocenters. The first-order chi connectivity index (χ1) is 11.8. The van der Waals surface area contributed by atoms with E-state index in [4.69, 9.17) is 4.74 Å². The quantitative estimate of drug-likeness (QED) is 0.937. The van der Waals surface area contributed by atoms with E-state index in [1.54, 1.807) is 6.20 Å². The molecule has 1 saturated heterocycles. The fourth-order valence-electron chi connectivity index (χ4n) is 3.50. The number of carbonyl (C=O) groups excluding carboxylic acids is 1. The number of nitrogens with zero attached hydrogens (tertiary/aromatic N) is 2. The van der Waals surface area contributed by atoms with Crippen molar-refractivity contribution in [2.45, 2.75) is 37.7 Å². The first kappa shape index (κ1) is 15.3. The van der Waals surface area contributed by atoms with Gasteiger partial charge in [-0.1, -0.05) is 30.3 Å². The van der Waals surface area contributed by atoms with Gasteiger partial charge < -0.3 is 10.1 Å². The molecule has 0 radical (unpaired) electrons. The lowest BCUT2D eigenvalue weighted by atomic mass is 9.82. The lowest BCUT2D eigenvalue weighted by Gasteiger charge is -2.23. The van der Waals surface area contributed by atoms with Gasteiger partial charge >= 0.3 is 0 Å². The molecule has 2 aliphatic rings. The Morgan fingerprint density at radius 2 is 2.08 bits per heavy atom. The van der Waals surface area contributed by atoms with Crippen LogP contribution in [0, 0.1) is 0 Å². The summed E-state index contributed by atoms with van der Waals surface area (Å²) in [5, 5.41) is 3.25. The number of nitrogens with one attached hydrogen (secondary N) is 1. The molecule has 1 N–H and O–H groups in total. The van der Waals surface area contributed by atoms with Gasteiger partial charge in [0.1, 0.15) is 0 Å². The maximum absolute atomic E-state index is 12.4. The standard InChI is InChI=1S/C19H21N3O2/c23-18-10-14(13-5-2-1-3-6-13)9-17-16(18)12-21-19(22-17)20-11-15-7-4-8-24-15/h1-3,5-6,12,14-15H,4,7-11H2,(H,20,21,22)/t14-,15-/m0/s1. The molecule has 2 atom stereocenters. The first-order valence-corrected chi connectivity index (χ1v) is 8.59. The molecular weight excluding hydrogens is 302 g/mol. The number of hydrogen-bond donors (Lipinski definition) is 1. The van der Waals surface area contributed by atoms with Gasteiger partial charge in [-0.25, -0.2) is 9.97 Å². The fourth-order valence-corrected chi connectivity index (χ4v) is 3.50. The fraction of sp³-hybridized carbons (Fsp3) is 0.421. The van der Waals surface area contributed by atoms with Crippen molar-refractivity contribution in [2.75, 3.05) is 18.5 Å². The van der Waals surface area contributed by atoms with Crippen molar-refractivity contribution in [1.82, 2.24) is 9.97 Å². The van der Waals surface area contributed by atoms with Crippen LogP contribution in [0.4, 0.5) is 5.95 Å². The Kier molecular flexibility index (Phi) is 4.26. The second-order valence-electron chi connectivity index (χ2n) is 6.51. The van der Waals surface area contributed by atoms with E-state index in [9.17, 15) is 4.79 Å². The molecule has 1 aromatic carbocycles. The summed E-state index contributed by atoms with van der Waals surface area (Å²) in [5.74, 6) is 0.925. The number of fused-ring (bicyclic) bond motifs is 1. The highest BCUT2D eigenvalue weighted by atomic mass is 16.5.